The Morgan fingerprint density at radius 3 is 2.07 bits per heavy atom. The first-order valence-electron chi connectivity index (χ1n) is 6.32. The number of rotatable bonds is 1. The summed E-state index contributed by atoms with van der Waals surface area (Å²) in [7, 11) is 0. The van der Waals surface area contributed by atoms with E-state index in [1.54, 1.807) is 0 Å². The van der Waals surface area contributed by atoms with E-state index in [0.717, 1.165) is 11.3 Å². The summed E-state index contributed by atoms with van der Waals surface area (Å²) >= 11 is 2.16. The van der Waals surface area contributed by atoms with Crippen molar-refractivity contribution in [3.8, 4) is 0 Å². The van der Waals surface area contributed by atoms with Gasteiger partial charge in [-0.3, -0.25) is 0 Å². The van der Waals surface area contributed by atoms with Crippen LogP contribution in [0.1, 0.15) is 51.4 Å². The van der Waals surface area contributed by atoms with Gasteiger partial charge in [0.05, 0.1) is 5.37 Å². The molecule has 14 heavy (non-hydrogen) atoms. The van der Waals surface area contributed by atoms with E-state index in [4.69, 9.17) is 0 Å². The van der Waals surface area contributed by atoms with Crippen molar-refractivity contribution in [2.45, 2.75) is 56.7 Å². The lowest BCUT2D eigenvalue weighted by molar-refractivity contribution is 0.389. The maximum Gasteiger partial charge on any atom is 0.0561 e. The van der Waals surface area contributed by atoms with E-state index in [1.807, 2.05) is 0 Å². The molecular formula is C12H23NS. The molecule has 0 aromatic carbocycles. The van der Waals surface area contributed by atoms with Crippen LogP contribution >= 0.6 is 11.8 Å². The van der Waals surface area contributed by atoms with Crippen molar-refractivity contribution in [3.05, 3.63) is 0 Å². The van der Waals surface area contributed by atoms with E-state index in [0.29, 0.717) is 0 Å². The maximum atomic E-state index is 3.66. The zero-order chi connectivity index (χ0) is 9.64. The van der Waals surface area contributed by atoms with Gasteiger partial charge in [0.1, 0.15) is 0 Å². The normalized spacial score (nSPS) is 32.1. The molecule has 1 saturated heterocycles. The van der Waals surface area contributed by atoms with Gasteiger partial charge in [-0.15, -0.1) is 11.8 Å². The molecule has 1 unspecified atom stereocenters. The quantitative estimate of drug-likeness (QED) is 0.716. The number of hydrogen-bond acceptors (Lipinski definition) is 2. The van der Waals surface area contributed by atoms with Crippen LogP contribution in [0.15, 0.2) is 0 Å². The average Bonchev–Trinajstić information content (AvgIpc) is 2.75. The van der Waals surface area contributed by atoms with Gasteiger partial charge < -0.3 is 5.32 Å². The van der Waals surface area contributed by atoms with E-state index in [1.165, 1.54) is 63.7 Å². The van der Waals surface area contributed by atoms with Crippen molar-refractivity contribution in [2.75, 3.05) is 12.3 Å². The maximum absolute atomic E-state index is 3.66. The predicted molar refractivity (Wildman–Crippen MR) is 64.7 cm³/mol. The molecule has 0 amide bonds. The number of thioether (sulfide) groups is 1. The second-order valence-corrected chi connectivity index (χ2v) is 5.95. The van der Waals surface area contributed by atoms with Crippen molar-refractivity contribution in [2.24, 2.45) is 5.92 Å². The molecule has 2 fully saturated rings. The molecule has 0 aromatic rings. The second kappa shape index (κ2) is 6.02. The zero-order valence-corrected chi connectivity index (χ0v) is 9.95. The number of nitrogens with one attached hydrogen (secondary N) is 1. The van der Waals surface area contributed by atoms with Crippen LogP contribution in [0.2, 0.25) is 0 Å². The van der Waals surface area contributed by atoms with E-state index in [2.05, 4.69) is 17.1 Å². The van der Waals surface area contributed by atoms with Gasteiger partial charge in [0, 0.05) is 12.3 Å². The van der Waals surface area contributed by atoms with Crippen LogP contribution < -0.4 is 5.32 Å². The fourth-order valence-corrected chi connectivity index (χ4v) is 3.99. The van der Waals surface area contributed by atoms with Crippen LogP contribution in [0.4, 0.5) is 0 Å². The Bertz CT molecular complexity index is 144. The molecule has 2 aliphatic rings. The van der Waals surface area contributed by atoms with Crippen molar-refractivity contribution in [3.63, 3.8) is 0 Å². The molecule has 2 heteroatoms. The van der Waals surface area contributed by atoms with Gasteiger partial charge in [-0.1, -0.05) is 38.5 Å². The van der Waals surface area contributed by atoms with Crippen molar-refractivity contribution >= 4 is 11.8 Å². The highest BCUT2D eigenvalue weighted by molar-refractivity contribution is 8.00. The first kappa shape index (κ1) is 10.8. The van der Waals surface area contributed by atoms with Gasteiger partial charge in [0.2, 0.25) is 0 Å². The van der Waals surface area contributed by atoms with Gasteiger partial charge in [-0.05, 0) is 18.8 Å². The standard InChI is InChI=1S/C12H23NS/c1-2-4-6-8-11(7-5-3-1)12-13-9-10-14-12/h11-13H,1-10H2. The van der Waals surface area contributed by atoms with Crippen molar-refractivity contribution in [1.82, 2.24) is 5.32 Å². The molecular weight excluding hydrogens is 190 g/mol. The SMILES string of the molecule is C1CCCCC(C2NCCS2)CCC1. The summed E-state index contributed by atoms with van der Waals surface area (Å²) in [5.41, 5.74) is 0. The Morgan fingerprint density at radius 1 is 0.857 bits per heavy atom. The molecule has 0 aromatic heterocycles. The molecule has 0 spiro atoms. The molecule has 2 rings (SSSR count). The summed E-state index contributed by atoms with van der Waals surface area (Å²) in [6, 6.07) is 0. The molecule has 1 aliphatic heterocycles. The Balaban J connectivity index is 1.80. The first-order chi connectivity index (χ1) is 6.97. The smallest absolute Gasteiger partial charge is 0.0561 e. The summed E-state index contributed by atoms with van der Waals surface area (Å²) in [5, 5.41) is 4.46. The lowest BCUT2D eigenvalue weighted by Crippen LogP contribution is -2.28. The Morgan fingerprint density at radius 2 is 1.50 bits per heavy atom. The molecule has 82 valence electrons. The van der Waals surface area contributed by atoms with Crippen molar-refractivity contribution in [1.29, 1.82) is 0 Å². The van der Waals surface area contributed by atoms with Gasteiger partial charge >= 0.3 is 0 Å². The molecule has 0 bridgehead atoms. The van der Waals surface area contributed by atoms with Crippen LogP contribution in [0.5, 0.6) is 0 Å². The van der Waals surface area contributed by atoms with E-state index >= 15 is 0 Å². The molecule has 1 atom stereocenters. The number of hydrogen-bond donors (Lipinski definition) is 1. The molecule has 1 N–H and O–H groups in total. The third-order valence-corrected chi connectivity index (χ3v) is 4.92. The monoisotopic (exact) mass is 213 g/mol. The highest BCUT2D eigenvalue weighted by Crippen LogP contribution is 2.31. The van der Waals surface area contributed by atoms with Crippen molar-refractivity contribution < 1.29 is 0 Å². The minimum absolute atomic E-state index is 0.799. The summed E-state index contributed by atoms with van der Waals surface area (Å²) < 4.78 is 0. The summed E-state index contributed by atoms with van der Waals surface area (Å²) in [6.45, 7) is 1.24. The van der Waals surface area contributed by atoms with Crippen LogP contribution in [0, 0.1) is 5.92 Å². The minimum Gasteiger partial charge on any atom is -0.304 e. The fourth-order valence-electron chi connectivity index (χ4n) is 2.72. The van der Waals surface area contributed by atoms with Crippen LogP contribution in [0.3, 0.4) is 0 Å². The Kier molecular flexibility index (Phi) is 4.65. The van der Waals surface area contributed by atoms with Crippen LogP contribution in [-0.2, 0) is 0 Å². The summed E-state index contributed by atoms with van der Waals surface area (Å²) in [4.78, 5) is 0. The van der Waals surface area contributed by atoms with Gasteiger partial charge in [0.25, 0.3) is 0 Å². The third kappa shape index (κ3) is 3.16. The van der Waals surface area contributed by atoms with Crippen LogP contribution in [-0.4, -0.2) is 17.7 Å². The van der Waals surface area contributed by atoms with Gasteiger partial charge in [-0.2, -0.15) is 0 Å². The highest BCUT2D eigenvalue weighted by atomic mass is 32.2. The molecule has 0 radical (unpaired) electrons. The Hall–Kier alpha value is 0.310. The van der Waals surface area contributed by atoms with Gasteiger partial charge in [0.15, 0.2) is 0 Å². The topological polar surface area (TPSA) is 12.0 Å². The van der Waals surface area contributed by atoms with E-state index in [-0.39, 0.29) is 0 Å². The predicted octanol–water partition coefficient (Wildman–Crippen LogP) is 3.40. The molecule has 1 heterocycles. The molecule has 1 aliphatic carbocycles. The first-order valence-corrected chi connectivity index (χ1v) is 7.37. The lowest BCUT2D eigenvalue weighted by atomic mass is 9.96. The third-order valence-electron chi connectivity index (χ3n) is 3.57. The largest absolute Gasteiger partial charge is 0.304 e. The second-order valence-electron chi connectivity index (χ2n) is 4.70. The summed E-state index contributed by atoms with van der Waals surface area (Å²) in [6.07, 6.45) is 11.8. The van der Waals surface area contributed by atoms with E-state index in [9.17, 15) is 0 Å². The lowest BCUT2D eigenvalue weighted by Gasteiger charge is -2.22. The van der Waals surface area contributed by atoms with Gasteiger partial charge in [-0.25, -0.2) is 0 Å². The van der Waals surface area contributed by atoms with Crippen LogP contribution in [0.25, 0.3) is 0 Å². The zero-order valence-electron chi connectivity index (χ0n) is 9.13. The highest BCUT2D eigenvalue weighted by Gasteiger charge is 2.24. The Labute approximate surface area is 92.4 Å². The fraction of sp³-hybridized carbons (Fsp3) is 1.00. The summed E-state index contributed by atoms with van der Waals surface area (Å²) in [5.74, 6) is 2.31. The molecule has 1 saturated carbocycles. The molecule has 1 nitrogen and oxygen atoms in total. The minimum atomic E-state index is 0.799. The van der Waals surface area contributed by atoms with E-state index < -0.39 is 0 Å². The average molecular weight is 213 g/mol.